The van der Waals surface area contributed by atoms with Crippen LogP contribution in [0.25, 0.3) is 0 Å². The summed E-state index contributed by atoms with van der Waals surface area (Å²) in [6.07, 6.45) is -2.06. The Labute approximate surface area is 141 Å². The molecule has 2 aromatic rings. The molecule has 1 aromatic carbocycles. The lowest BCUT2D eigenvalue weighted by atomic mass is 10.3. The number of hydrazone groups is 1. The van der Waals surface area contributed by atoms with Gasteiger partial charge in [-0.05, 0) is 18.2 Å². The second-order valence-corrected chi connectivity index (χ2v) is 4.79. The summed E-state index contributed by atoms with van der Waals surface area (Å²) in [5, 5.41) is 7.27. The van der Waals surface area contributed by atoms with Crippen molar-refractivity contribution in [3.8, 4) is 11.5 Å². The van der Waals surface area contributed by atoms with Gasteiger partial charge in [-0.1, -0.05) is 12.1 Å². The van der Waals surface area contributed by atoms with Gasteiger partial charge in [-0.25, -0.2) is 5.43 Å². The van der Waals surface area contributed by atoms with Crippen LogP contribution in [0.1, 0.15) is 5.69 Å². The molecular weight excluding hydrogens is 341 g/mol. The molecule has 0 spiro atoms. The fraction of sp³-hybridized carbons (Fsp3) is 0.267. The molecule has 1 aromatic heterocycles. The van der Waals surface area contributed by atoms with Crippen LogP contribution < -0.4 is 14.9 Å². The molecule has 0 fully saturated rings. The van der Waals surface area contributed by atoms with E-state index in [4.69, 9.17) is 9.47 Å². The van der Waals surface area contributed by atoms with E-state index >= 15 is 0 Å². The van der Waals surface area contributed by atoms with E-state index < -0.39 is 18.6 Å². The lowest BCUT2D eigenvalue weighted by Gasteiger charge is -2.08. The van der Waals surface area contributed by atoms with Gasteiger partial charge in [-0.15, -0.1) is 0 Å². The molecule has 0 aliphatic carbocycles. The van der Waals surface area contributed by atoms with Crippen LogP contribution in [-0.4, -0.2) is 41.8 Å². The van der Waals surface area contributed by atoms with Crippen LogP contribution in [0.2, 0.25) is 0 Å². The number of hydrogen-bond acceptors (Lipinski definition) is 5. The summed E-state index contributed by atoms with van der Waals surface area (Å²) in [5.74, 6) is 0.334. The fourth-order valence-corrected chi connectivity index (χ4v) is 1.80. The van der Waals surface area contributed by atoms with Crippen LogP contribution in [0.15, 0.2) is 41.6 Å². The van der Waals surface area contributed by atoms with E-state index in [-0.39, 0.29) is 12.3 Å². The second kappa shape index (κ2) is 8.18. The number of halogens is 3. The number of ether oxygens (including phenoxy) is 2. The Balaban J connectivity index is 1.80. The summed E-state index contributed by atoms with van der Waals surface area (Å²) in [6, 6.07) is 8.15. The lowest BCUT2D eigenvalue weighted by molar-refractivity contribution is -0.142. The van der Waals surface area contributed by atoms with Gasteiger partial charge in [0.05, 0.1) is 13.3 Å². The predicted octanol–water partition coefficient (Wildman–Crippen LogP) is 1.98. The van der Waals surface area contributed by atoms with Gasteiger partial charge in [0.1, 0.15) is 12.2 Å². The maximum absolute atomic E-state index is 12.2. The first-order valence-corrected chi connectivity index (χ1v) is 7.05. The fourth-order valence-electron chi connectivity index (χ4n) is 1.80. The summed E-state index contributed by atoms with van der Waals surface area (Å²) >= 11 is 0. The average molecular weight is 356 g/mol. The standard InChI is InChI=1S/C15H15F3N4O3/c1-24-12-4-2-3-5-13(12)25-9-14(23)20-19-8-11-6-7-22(21-11)10-15(16,17)18/h2-8H,9-10H2,1H3,(H,20,23)/b19-8+. The molecule has 1 amide bonds. The SMILES string of the molecule is COc1ccccc1OCC(=O)N/N=C/c1ccn(CC(F)(F)F)n1. The first-order valence-electron chi connectivity index (χ1n) is 7.05. The number of benzene rings is 1. The van der Waals surface area contributed by atoms with Crippen molar-refractivity contribution in [1.82, 2.24) is 15.2 Å². The Hall–Kier alpha value is -3.04. The van der Waals surface area contributed by atoms with Gasteiger partial charge < -0.3 is 9.47 Å². The van der Waals surface area contributed by atoms with Crippen LogP contribution >= 0.6 is 0 Å². The Morgan fingerprint density at radius 2 is 2.04 bits per heavy atom. The summed E-state index contributed by atoms with van der Waals surface area (Å²) in [7, 11) is 1.48. The number of rotatable bonds is 7. The first kappa shape index (κ1) is 18.3. The Morgan fingerprint density at radius 1 is 1.32 bits per heavy atom. The zero-order chi connectivity index (χ0) is 18.3. The van der Waals surface area contributed by atoms with E-state index in [2.05, 4.69) is 15.6 Å². The molecule has 0 bridgehead atoms. The molecule has 0 atom stereocenters. The van der Waals surface area contributed by atoms with E-state index in [1.807, 2.05) is 0 Å². The van der Waals surface area contributed by atoms with E-state index in [1.165, 1.54) is 19.4 Å². The van der Waals surface area contributed by atoms with Crippen LogP contribution in [0.5, 0.6) is 11.5 Å². The summed E-state index contributed by atoms with van der Waals surface area (Å²) in [5.41, 5.74) is 2.37. The summed E-state index contributed by atoms with van der Waals surface area (Å²) < 4.78 is 47.7. The smallest absolute Gasteiger partial charge is 0.408 e. The van der Waals surface area contributed by atoms with Gasteiger partial charge in [-0.3, -0.25) is 9.48 Å². The van der Waals surface area contributed by atoms with Crippen LogP contribution in [0.4, 0.5) is 13.2 Å². The molecule has 0 aliphatic rings. The number of para-hydroxylation sites is 2. The Morgan fingerprint density at radius 3 is 2.72 bits per heavy atom. The minimum absolute atomic E-state index is 0.176. The number of alkyl halides is 3. The molecule has 0 saturated carbocycles. The molecule has 0 aliphatic heterocycles. The van der Waals surface area contributed by atoms with Gasteiger partial charge >= 0.3 is 6.18 Å². The Kier molecular flexibility index (Phi) is 5.98. The molecule has 0 saturated heterocycles. The highest BCUT2D eigenvalue weighted by atomic mass is 19.4. The average Bonchev–Trinajstić information content (AvgIpc) is 2.98. The minimum atomic E-state index is -4.36. The predicted molar refractivity (Wildman–Crippen MR) is 82.5 cm³/mol. The van der Waals surface area contributed by atoms with E-state index in [0.29, 0.717) is 11.5 Å². The maximum Gasteiger partial charge on any atom is 0.408 e. The number of carbonyl (C=O) groups is 1. The normalized spacial score (nSPS) is 11.5. The molecule has 10 heteroatoms. The quantitative estimate of drug-likeness (QED) is 0.608. The lowest BCUT2D eigenvalue weighted by Crippen LogP contribution is -2.24. The largest absolute Gasteiger partial charge is 0.493 e. The zero-order valence-electron chi connectivity index (χ0n) is 13.2. The number of carbonyl (C=O) groups excluding carboxylic acids is 1. The molecule has 2 rings (SSSR count). The molecule has 25 heavy (non-hydrogen) atoms. The second-order valence-electron chi connectivity index (χ2n) is 4.79. The van der Waals surface area contributed by atoms with Crippen LogP contribution in [-0.2, 0) is 11.3 Å². The summed E-state index contributed by atoms with van der Waals surface area (Å²) in [6.45, 7) is -1.50. The van der Waals surface area contributed by atoms with Crippen LogP contribution in [0.3, 0.4) is 0 Å². The molecular formula is C15H15F3N4O3. The van der Waals surface area contributed by atoms with Crippen molar-refractivity contribution in [3.05, 3.63) is 42.2 Å². The molecule has 1 N–H and O–H groups in total. The summed E-state index contributed by atoms with van der Waals surface area (Å²) in [4.78, 5) is 11.6. The number of methoxy groups -OCH3 is 1. The third kappa shape index (κ3) is 6.16. The van der Waals surface area contributed by atoms with E-state index in [9.17, 15) is 18.0 Å². The van der Waals surface area contributed by atoms with Crippen molar-refractivity contribution >= 4 is 12.1 Å². The van der Waals surface area contributed by atoms with Crippen molar-refractivity contribution in [2.45, 2.75) is 12.7 Å². The van der Waals surface area contributed by atoms with Gasteiger partial charge in [0, 0.05) is 6.20 Å². The first-order chi connectivity index (χ1) is 11.9. The van der Waals surface area contributed by atoms with E-state index in [0.717, 1.165) is 10.9 Å². The molecule has 134 valence electrons. The molecule has 0 unspecified atom stereocenters. The number of nitrogens with zero attached hydrogens (tertiary/aromatic N) is 3. The highest BCUT2D eigenvalue weighted by molar-refractivity contribution is 5.81. The number of aromatic nitrogens is 2. The number of nitrogens with one attached hydrogen (secondary N) is 1. The van der Waals surface area contributed by atoms with Gasteiger partial charge in [-0.2, -0.15) is 23.4 Å². The number of hydrogen-bond donors (Lipinski definition) is 1. The van der Waals surface area contributed by atoms with Crippen molar-refractivity contribution < 1.29 is 27.4 Å². The monoisotopic (exact) mass is 356 g/mol. The highest BCUT2D eigenvalue weighted by Crippen LogP contribution is 2.25. The zero-order valence-corrected chi connectivity index (χ0v) is 13.2. The third-order valence-electron chi connectivity index (χ3n) is 2.82. The molecule has 7 nitrogen and oxygen atoms in total. The van der Waals surface area contributed by atoms with Crippen molar-refractivity contribution in [2.75, 3.05) is 13.7 Å². The van der Waals surface area contributed by atoms with E-state index in [1.54, 1.807) is 24.3 Å². The van der Waals surface area contributed by atoms with Crippen molar-refractivity contribution in [1.29, 1.82) is 0 Å². The Bertz CT molecular complexity index is 744. The molecule has 0 radical (unpaired) electrons. The third-order valence-corrected chi connectivity index (χ3v) is 2.82. The number of amides is 1. The van der Waals surface area contributed by atoms with Crippen LogP contribution in [0, 0.1) is 0 Å². The van der Waals surface area contributed by atoms with Gasteiger partial charge in [0.2, 0.25) is 0 Å². The topological polar surface area (TPSA) is 77.7 Å². The van der Waals surface area contributed by atoms with Crippen molar-refractivity contribution in [3.63, 3.8) is 0 Å². The minimum Gasteiger partial charge on any atom is -0.493 e. The van der Waals surface area contributed by atoms with Gasteiger partial charge in [0.25, 0.3) is 5.91 Å². The van der Waals surface area contributed by atoms with Gasteiger partial charge in [0.15, 0.2) is 18.1 Å². The molecule has 1 heterocycles. The highest BCUT2D eigenvalue weighted by Gasteiger charge is 2.28. The van der Waals surface area contributed by atoms with Crippen molar-refractivity contribution in [2.24, 2.45) is 5.10 Å². The maximum atomic E-state index is 12.2.